The van der Waals surface area contributed by atoms with Gasteiger partial charge in [-0.3, -0.25) is 9.59 Å². The second-order valence-corrected chi connectivity index (χ2v) is 6.01. The minimum absolute atomic E-state index is 0.120. The Bertz CT molecular complexity index is 486. The lowest BCUT2D eigenvalue weighted by Gasteiger charge is -2.35. The molecular weight excluding hydrogens is 278 g/mol. The first-order valence-electron chi connectivity index (χ1n) is 8.22. The lowest BCUT2D eigenvalue weighted by molar-refractivity contribution is -0.140. The number of carboxylic acid groups (broad SMARTS) is 1. The number of aliphatic carboxylic acids is 1. The van der Waals surface area contributed by atoms with Gasteiger partial charge in [-0.05, 0) is 44.1 Å². The Balaban J connectivity index is 1.79. The van der Waals surface area contributed by atoms with Gasteiger partial charge in [-0.1, -0.05) is 30.3 Å². The van der Waals surface area contributed by atoms with Crippen LogP contribution in [0.3, 0.4) is 0 Å². The van der Waals surface area contributed by atoms with Gasteiger partial charge in [0, 0.05) is 25.4 Å². The maximum absolute atomic E-state index is 12.4. The summed E-state index contributed by atoms with van der Waals surface area (Å²) in [5.74, 6) is -0.590. The van der Waals surface area contributed by atoms with E-state index >= 15 is 0 Å². The van der Waals surface area contributed by atoms with E-state index in [1.165, 1.54) is 5.56 Å². The molecule has 0 saturated carbocycles. The van der Waals surface area contributed by atoms with Crippen LogP contribution in [0.5, 0.6) is 0 Å². The zero-order chi connectivity index (χ0) is 15.8. The Kier molecular flexibility index (Phi) is 6.44. The number of hydrogen-bond donors (Lipinski definition) is 1. The number of carboxylic acids is 1. The van der Waals surface area contributed by atoms with Crippen LogP contribution in [0.1, 0.15) is 50.5 Å². The molecule has 0 aromatic heterocycles. The van der Waals surface area contributed by atoms with E-state index in [9.17, 15) is 9.59 Å². The number of carbonyl (C=O) groups is 2. The van der Waals surface area contributed by atoms with Crippen LogP contribution in [0.15, 0.2) is 30.3 Å². The molecule has 4 heteroatoms. The monoisotopic (exact) mass is 303 g/mol. The van der Waals surface area contributed by atoms with Crippen LogP contribution in [-0.2, 0) is 16.0 Å². The summed E-state index contributed by atoms with van der Waals surface area (Å²) in [6.07, 6.45) is 6.13. The molecule has 1 aliphatic heterocycles. The maximum atomic E-state index is 12.4. The van der Waals surface area contributed by atoms with Crippen LogP contribution in [0, 0.1) is 0 Å². The quantitative estimate of drug-likeness (QED) is 0.841. The van der Waals surface area contributed by atoms with Gasteiger partial charge in [-0.25, -0.2) is 0 Å². The molecule has 2 rings (SSSR count). The second kappa shape index (κ2) is 8.57. The number of likely N-dealkylation sites (tertiary alicyclic amines) is 1. The third-order valence-corrected chi connectivity index (χ3v) is 4.34. The fraction of sp³-hybridized carbons (Fsp3) is 0.556. The third kappa shape index (κ3) is 5.17. The molecule has 120 valence electrons. The Morgan fingerprint density at radius 3 is 2.64 bits per heavy atom. The Morgan fingerprint density at radius 1 is 1.14 bits per heavy atom. The van der Waals surface area contributed by atoms with E-state index in [1.807, 2.05) is 23.1 Å². The molecular formula is C18H25NO3. The summed E-state index contributed by atoms with van der Waals surface area (Å²) >= 11 is 0. The van der Waals surface area contributed by atoms with E-state index < -0.39 is 5.97 Å². The van der Waals surface area contributed by atoms with Crippen molar-refractivity contribution < 1.29 is 14.7 Å². The highest BCUT2D eigenvalue weighted by Crippen LogP contribution is 2.22. The van der Waals surface area contributed by atoms with Crippen molar-refractivity contribution in [3.63, 3.8) is 0 Å². The van der Waals surface area contributed by atoms with Crippen molar-refractivity contribution in [1.29, 1.82) is 0 Å². The molecule has 1 N–H and O–H groups in total. The van der Waals surface area contributed by atoms with Crippen molar-refractivity contribution in [3.8, 4) is 0 Å². The summed E-state index contributed by atoms with van der Waals surface area (Å²) in [7, 11) is 0. The molecule has 0 unspecified atom stereocenters. The summed E-state index contributed by atoms with van der Waals surface area (Å²) in [5, 5.41) is 8.83. The zero-order valence-corrected chi connectivity index (χ0v) is 13.0. The molecule has 0 spiro atoms. The summed E-state index contributed by atoms with van der Waals surface area (Å²) in [6, 6.07) is 10.3. The first-order chi connectivity index (χ1) is 10.7. The summed E-state index contributed by atoms with van der Waals surface area (Å²) in [4.78, 5) is 25.1. The molecule has 1 saturated heterocycles. The van der Waals surface area contributed by atoms with Crippen LogP contribution < -0.4 is 0 Å². The number of hydrogen-bond acceptors (Lipinski definition) is 2. The van der Waals surface area contributed by atoms with Crippen molar-refractivity contribution >= 4 is 11.9 Å². The van der Waals surface area contributed by atoms with Crippen LogP contribution in [0.25, 0.3) is 0 Å². The number of amides is 1. The van der Waals surface area contributed by atoms with E-state index in [0.29, 0.717) is 12.8 Å². The average Bonchev–Trinajstić information content (AvgIpc) is 2.54. The topological polar surface area (TPSA) is 57.6 Å². The van der Waals surface area contributed by atoms with E-state index in [2.05, 4.69) is 12.1 Å². The van der Waals surface area contributed by atoms with Crippen molar-refractivity contribution in [3.05, 3.63) is 35.9 Å². The van der Waals surface area contributed by atoms with Gasteiger partial charge in [0.1, 0.15) is 0 Å². The Hall–Kier alpha value is -1.84. The minimum Gasteiger partial charge on any atom is -0.481 e. The SMILES string of the molecule is O=C(O)CC[C@H]1CCCCN1C(=O)CCCc1ccccc1. The molecule has 1 heterocycles. The number of piperidine rings is 1. The van der Waals surface area contributed by atoms with Crippen molar-refractivity contribution in [2.75, 3.05) is 6.54 Å². The number of benzene rings is 1. The molecule has 1 fully saturated rings. The van der Waals surface area contributed by atoms with E-state index in [1.54, 1.807) is 0 Å². The van der Waals surface area contributed by atoms with Gasteiger partial charge in [-0.2, -0.15) is 0 Å². The Morgan fingerprint density at radius 2 is 1.91 bits per heavy atom. The van der Waals surface area contributed by atoms with Gasteiger partial charge in [0.15, 0.2) is 0 Å². The second-order valence-electron chi connectivity index (χ2n) is 6.01. The van der Waals surface area contributed by atoms with Gasteiger partial charge < -0.3 is 10.0 Å². The van der Waals surface area contributed by atoms with Crippen molar-refractivity contribution in [2.45, 2.75) is 57.4 Å². The molecule has 1 amide bonds. The number of rotatable bonds is 7. The van der Waals surface area contributed by atoms with Gasteiger partial charge >= 0.3 is 5.97 Å². The highest BCUT2D eigenvalue weighted by Gasteiger charge is 2.26. The van der Waals surface area contributed by atoms with E-state index in [-0.39, 0.29) is 18.4 Å². The highest BCUT2D eigenvalue weighted by molar-refractivity contribution is 5.76. The molecule has 1 aromatic carbocycles. The average molecular weight is 303 g/mol. The molecule has 0 bridgehead atoms. The molecule has 22 heavy (non-hydrogen) atoms. The van der Waals surface area contributed by atoms with Gasteiger partial charge in [0.25, 0.3) is 0 Å². The molecule has 1 aliphatic rings. The molecule has 1 aromatic rings. The number of aryl methyl sites for hydroxylation is 1. The molecule has 0 radical (unpaired) electrons. The van der Waals surface area contributed by atoms with E-state index in [0.717, 1.165) is 38.6 Å². The zero-order valence-electron chi connectivity index (χ0n) is 13.0. The van der Waals surface area contributed by atoms with Crippen LogP contribution >= 0.6 is 0 Å². The normalized spacial score (nSPS) is 18.2. The van der Waals surface area contributed by atoms with Crippen molar-refractivity contribution in [2.24, 2.45) is 0 Å². The predicted octanol–water partition coefficient (Wildman–Crippen LogP) is 3.26. The van der Waals surface area contributed by atoms with Crippen LogP contribution in [-0.4, -0.2) is 34.5 Å². The van der Waals surface area contributed by atoms with Gasteiger partial charge in [0.2, 0.25) is 5.91 Å². The van der Waals surface area contributed by atoms with Crippen molar-refractivity contribution in [1.82, 2.24) is 4.90 Å². The maximum Gasteiger partial charge on any atom is 0.303 e. The standard InChI is InChI=1S/C18H25NO3/c20-17(11-6-9-15-7-2-1-3-8-15)19-14-5-4-10-16(19)12-13-18(21)22/h1-3,7-8,16H,4-6,9-14H2,(H,21,22)/t16-/m1/s1. The highest BCUT2D eigenvalue weighted by atomic mass is 16.4. The predicted molar refractivity (Wildman–Crippen MR) is 85.6 cm³/mol. The largest absolute Gasteiger partial charge is 0.481 e. The summed E-state index contributed by atoms with van der Waals surface area (Å²) in [5.41, 5.74) is 1.26. The van der Waals surface area contributed by atoms with Crippen LogP contribution in [0.4, 0.5) is 0 Å². The summed E-state index contributed by atoms with van der Waals surface area (Å²) < 4.78 is 0. The number of nitrogens with zero attached hydrogens (tertiary/aromatic N) is 1. The fourth-order valence-corrected chi connectivity index (χ4v) is 3.15. The van der Waals surface area contributed by atoms with Gasteiger partial charge in [0.05, 0.1) is 0 Å². The number of carbonyl (C=O) groups excluding carboxylic acids is 1. The molecule has 0 aliphatic carbocycles. The smallest absolute Gasteiger partial charge is 0.303 e. The Labute approximate surface area is 132 Å². The molecule has 1 atom stereocenters. The minimum atomic E-state index is -0.776. The van der Waals surface area contributed by atoms with E-state index in [4.69, 9.17) is 5.11 Å². The molecule has 4 nitrogen and oxygen atoms in total. The lowest BCUT2D eigenvalue weighted by Crippen LogP contribution is -2.43. The lowest BCUT2D eigenvalue weighted by atomic mass is 9.97. The van der Waals surface area contributed by atoms with Gasteiger partial charge in [-0.15, -0.1) is 0 Å². The first kappa shape index (κ1) is 16.5. The summed E-state index contributed by atoms with van der Waals surface area (Å²) in [6.45, 7) is 0.786. The third-order valence-electron chi connectivity index (χ3n) is 4.34. The van der Waals surface area contributed by atoms with Crippen LogP contribution in [0.2, 0.25) is 0 Å². The first-order valence-corrected chi connectivity index (χ1v) is 8.22. The fourth-order valence-electron chi connectivity index (χ4n) is 3.15.